The number of fused-ring (bicyclic) bond motifs is 1. The van der Waals surface area contributed by atoms with Crippen LogP contribution in [0.5, 0.6) is 0 Å². The van der Waals surface area contributed by atoms with Gasteiger partial charge in [0.2, 0.25) is 0 Å². The molecule has 3 nitrogen and oxygen atoms in total. The lowest BCUT2D eigenvalue weighted by molar-refractivity contribution is 0.0622. The highest BCUT2D eigenvalue weighted by Crippen LogP contribution is 2.48. The first-order valence-corrected chi connectivity index (χ1v) is 11.2. The van der Waals surface area contributed by atoms with Crippen LogP contribution in [-0.4, -0.2) is 35.0 Å². The average Bonchev–Trinajstić information content (AvgIpc) is 3.38. The number of benzene rings is 1. The number of hydrogen-bond acceptors (Lipinski definition) is 3. The minimum absolute atomic E-state index is 0.0715. The molecule has 2 aromatic rings. The van der Waals surface area contributed by atoms with Crippen LogP contribution in [0.2, 0.25) is 0 Å². The number of halogens is 1. The molecule has 3 heterocycles. The van der Waals surface area contributed by atoms with E-state index < -0.39 is 0 Å². The van der Waals surface area contributed by atoms with Crippen molar-refractivity contribution in [3.63, 3.8) is 0 Å². The molecule has 2 saturated heterocycles. The Hall–Kier alpha value is -1.88. The molecule has 2 fully saturated rings. The van der Waals surface area contributed by atoms with Gasteiger partial charge in [0.1, 0.15) is 5.82 Å². The maximum Gasteiger partial charge on any atom is 0.264 e. The van der Waals surface area contributed by atoms with Crippen LogP contribution in [0.3, 0.4) is 0 Å². The first-order valence-electron chi connectivity index (χ1n) is 10.3. The van der Waals surface area contributed by atoms with E-state index in [1.807, 2.05) is 12.1 Å². The van der Waals surface area contributed by atoms with Gasteiger partial charge in [0.05, 0.1) is 10.4 Å². The Morgan fingerprint density at radius 2 is 1.93 bits per heavy atom. The summed E-state index contributed by atoms with van der Waals surface area (Å²) in [4.78, 5) is 20.3. The van der Waals surface area contributed by atoms with Gasteiger partial charge in [0.15, 0.2) is 0 Å². The monoisotopic (exact) mass is 398 g/mol. The van der Waals surface area contributed by atoms with E-state index in [1.54, 1.807) is 11.3 Å². The number of anilines is 1. The van der Waals surface area contributed by atoms with Crippen LogP contribution in [0.25, 0.3) is 0 Å². The lowest BCUT2D eigenvalue weighted by Crippen LogP contribution is -2.49. The normalized spacial score (nSPS) is 25.7. The quantitative estimate of drug-likeness (QED) is 0.708. The SMILES string of the molecule is CC1(C)CC2(CCCN2C(=O)c2cc3c(s2)CCC3)CN1c1ccc(F)cc1. The van der Waals surface area contributed by atoms with Crippen molar-refractivity contribution in [1.29, 1.82) is 0 Å². The molecule has 2 aliphatic heterocycles. The first-order chi connectivity index (χ1) is 13.4. The molecule has 0 saturated carbocycles. The molecule has 148 valence electrons. The predicted octanol–water partition coefficient (Wildman–Crippen LogP) is 5.04. The smallest absolute Gasteiger partial charge is 0.264 e. The minimum Gasteiger partial charge on any atom is -0.364 e. The lowest BCUT2D eigenvalue weighted by Gasteiger charge is -2.35. The van der Waals surface area contributed by atoms with Crippen molar-refractivity contribution in [3.8, 4) is 0 Å². The number of hydrogen-bond donors (Lipinski definition) is 0. The van der Waals surface area contributed by atoms with Crippen LogP contribution in [0, 0.1) is 5.82 Å². The number of likely N-dealkylation sites (tertiary alicyclic amines) is 1. The number of rotatable bonds is 2. The van der Waals surface area contributed by atoms with Crippen molar-refractivity contribution in [2.24, 2.45) is 0 Å². The van der Waals surface area contributed by atoms with Gasteiger partial charge in [-0.2, -0.15) is 0 Å². The third-order valence-corrected chi connectivity index (χ3v) is 8.11. The highest BCUT2D eigenvalue weighted by molar-refractivity contribution is 7.14. The van der Waals surface area contributed by atoms with Gasteiger partial charge in [-0.1, -0.05) is 0 Å². The van der Waals surface area contributed by atoms with Crippen molar-refractivity contribution < 1.29 is 9.18 Å². The second-order valence-corrected chi connectivity index (χ2v) is 10.4. The van der Waals surface area contributed by atoms with Crippen LogP contribution in [0.4, 0.5) is 10.1 Å². The van der Waals surface area contributed by atoms with Crippen LogP contribution < -0.4 is 4.90 Å². The van der Waals surface area contributed by atoms with E-state index in [0.29, 0.717) is 0 Å². The number of amides is 1. The first kappa shape index (κ1) is 18.2. The van der Waals surface area contributed by atoms with Crippen molar-refractivity contribution in [3.05, 3.63) is 51.5 Å². The average molecular weight is 399 g/mol. The Morgan fingerprint density at radius 1 is 1.14 bits per heavy atom. The van der Waals surface area contributed by atoms with E-state index >= 15 is 0 Å². The molecule has 1 spiro atoms. The van der Waals surface area contributed by atoms with Gasteiger partial charge < -0.3 is 9.80 Å². The molecule has 1 aromatic carbocycles. The fourth-order valence-electron chi connectivity index (χ4n) is 5.70. The molecular weight excluding hydrogens is 371 g/mol. The molecule has 1 amide bonds. The molecule has 1 unspecified atom stereocenters. The summed E-state index contributed by atoms with van der Waals surface area (Å²) in [5.74, 6) is 0.00698. The third kappa shape index (κ3) is 2.78. The van der Waals surface area contributed by atoms with Crippen LogP contribution in [0.1, 0.15) is 59.6 Å². The summed E-state index contributed by atoms with van der Waals surface area (Å²) in [7, 11) is 0. The zero-order valence-corrected chi connectivity index (χ0v) is 17.4. The molecule has 28 heavy (non-hydrogen) atoms. The van der Waals surface area contributed by atoms with Crippen LogP contribution in [-0.2, 0) is 12.8 Å². The highest BCUT2D eigenvalue weighted by Gasteiger charge is 2.55. The van der Waals surface area contributed by atoms with E-state index in [-0.39, 0.29) is 22.8 Å². The minimum atomic E-state index is -0.209. The van der Waals surface area contributed by atoms with E-state index in [2.05, 4.69) is 29.7 Å². The van der Waals surface area contributed by atoms with Gasteiger partial charge in [-0.05, 0) is 88.3 Å². The van der Waals surface area contributed by atoms with Crippen molar-refractivity contribution in [2.75, 3.05) is 18.0 Å². The maximum atomic E-state index is 13.5. The standard InChI is InChI=1S/C23H27FN2OS/c1-22(2)14-23(15-26(22)18-9-7-17(24)8-10-18)11-4-12-25(23)21(27)20-13-16-5-3-6-19(16)28-20/h7-10,13H,3-6,11-12,14-15H2,1-2H3. The molecule has 0 bridgehead atoms. The molecule has 5 heteroatoms. The van der Waals surface area contributed by atoms with Gasteiger partial charge in [-0.15, -0.1) is 11.3 Å². The molecule has 1 atom stereocenters. The van der Waals surface area contributed by atoms with Gasteiger partial charge in [0, 0.05) is 29.2 Å². The Balaban J connectivity index is 1.45. The van der Waals surface area contributed by atoms with Crippen molar-refractivity contribution in [2.45, 2.75) is 63.5 Å². The van der Waals surface area contributed by atoms with Gasteiger partial charge in [0.25, 0.3) is 5.91 Å². The topological polar surface area (TPSA) is 23.6 Å². The summed E-state index contributed by atoms with van der Waals surface area (Å²) in [5, 5.41) is 0. The zero-order valence-electron chi connectivity index (χ0n) is 16.6. The van der Waals surface area contributed by atoms with E-state index in [4.69, 9.17) is 0 Å². The van der Waals surface area contributed by atoms with Crippen molar-refractivity contribution >= 4 is 22.9 Å². The third-order valence-electron chi connectivity index (χ3n) is 6.88. The largest absolute Gasteiger partial charge is 0.364 e. The second kappa shape index (κ2) is 6.31. The number of carbonyl (C=O) groups excluding carboxylic acids is 1. The van der Waals surface area contributed by atoms with E-state index in [0.717, 1.165) is 55.8 Å². The van der Waals surface area contributed by atoms with Gasteiger partial charge >= 0.3 is 0 Å². The molecule has 0 radical (unpaired) electrons. The summed E-state index contributed by atoms with van der Waals surface area (Å²) in [6, 6.07) is 8.93. The van der Waals surface area contributed by atoms with Gasteiger partial charge in [-0.25, -0.2) is 4.39 Å². The summed E-state index contributed by atoms with van der Waals surface area (Å²) in [6.07, 6.45) is 6.53. The summed E-state index contributed by atoms with van der Waals surface area (Å²) in [5.41, 5.74) is 2.24. The maximum absolute atomic E-state index is 13.5. The molecule has 3 aliphatic rings. The molecular formula is C23H27FN2OS. The Kier molecular flexibility index (Phi) is 4.10. The lowest BCUT2D eigenvalue weighted by atomic mass is 9.87. The highest BCUT2D eigenvalue weighted by atomic mass is 32.1. The van der Waals surface area contributed by atoms with E-state index in [1.165, 1.54) is 29.0 Å². The number of carbonyl (C=O) groups is 1. The molecule has 5 rings (SSSR count). The van der Waals surface area contributed by atoms with E-state index in [9.17, 15) is 9.18 Å². The fraction of sp³-hybridized carbons (Fsp3) is 0.522. The van der Waals surface area contributed by atoms with Crippen LogP contribution >= 0.6 is 11.3 Å². The van der Waals surface area contributed by atoms with Crippen LogP contribution in [0.15, 0.2) is 30.3 Å². The van der Waals surface area contributed by atoms with Crippen molar-refractivity contribution in [1.82, 2.24) is 4.90 Å². The zero-order chi connectivity index (χ0) is 19.5. The number of thiophene rings is 1. The predicted molar refractivity (Wildman–Crippen MR) is 112 cm³/mol. The summed E-state index contributed by atoms with van der Waals surface area (Å²) >= 11 is 1.71. The molecule has 1 aliphatic carbocycles. The Bertz CT molecular complexity index is 898. The molecule has 0 N–H and O–H groups in total. The summed E-state index contributed by atoms with van der Waals surface area (Å²) < 4.78 is 13.4. The van der Waals surface area contributed by atoms with Gasteiger partial charge in [-0.3, -0.25) is 4.79 Å². The molecule has 1 aromatic heterocycles. The number of aryl methyl sites for hydroxylation is 2. The fourth-order valence-corrected chi connectivity index (χ4v) is 6.90. The Morgan fingerprint density at radius 3 is 2.68 bits per heavy atom. The Labute approximate surface area is 170 Å². The summed E-state index contributed by atoms with van der Waals surface area (Å²) in [6.45, 7) is 6.15. The number of nitrogens with zero attached hydrogens (tertiary/aromatic N) is 2. The second-order valence-electron chi connectivity index (χ2n) is 9.25.